The minimum atomic E-state index is -0.436. The summed E-state index contributed by atoms with van der Waals surface area (Å²) in [5.41, 5.74) is 9.28. The molecule has 2 aromatic heterocycles. The molecule has 0 atom stereocenters. The fourth-order valence-electron chi connectivity index (χ4n) is 1.93. The minimum Gasteiger partial charge on any atom is -0.461 e. The molecule has 2 rings (SSSR count). The highest BCUT2D eigenvalue weighted by Gasteiger charge is 2.15. The Balaban J connectivity index is 2.58. The first-order valence-corrected chi connectivity index (χ1v) is 5.81. The molecular formula is C12H16N4O2. The molecule has 2 aromatic rings. The maximum atomic E-state index is 11.6. The number of carbonyl (C=O) groups is 1. The highest BCUT2D eigenvalue weighted by molar-refractivity contribution is 5.88. The number of esters is 1. The summed E-state index contributed by atoms with van der Waals surface area (Å²) in [6.45, 7) is 6.29. The lowest BCUT2D eigenvalue weighted by atomic mass is 10.2. The highest BCUT2D eigenvalue weighted by Crippen LogP contribution is 2.15. The average Bonchev–Trinajstić information content (AvgIpc) is 2.74. The van der Waals surface area contributed by atoms with Gasteiger partial charge in [0.25, 0.3) is 0 Å². The van der Waals surface area contributed by atoms with Crippen molar-refractivity contribution in [2.24, 2.45) is 5.73 Å². The first kappa shape index (κ1) is 12.5. The van der Waals surface area contributed by atoms with Gasteiger partial charge in [0, 0.05) is 29.6 Å². The van der Waals surface area contributed by atoms with Crippen LogP contribution in [0.3, 0.4) is 0 Å². The Morgan fingerprint density at radius 3 is 2.83 bits per heavy atom. The largest absolute Gasteiger partial charge is 0.461 e. The molecular weight excluding hydrogens is 232 g/mol. The topological polar surface area (TPSA) is 82.5 Å². The van der Waals surface area contributed by atoms with E-state index in [0.717, 1.165) is 17.0 Å². The molecule has 0 bridgehead atoms. The van der Waals surface area contributed by atoms with Crippen LogP contribution in [0.25, 0.3) is 5.65 Å². The van der Waals surface area contributed by atoms with E-state index in [2.05, 4.69) is 10.1 Å². The number of fused-ring (bicyclic) bond motifs is 1. The zero-order chi connectivity index (χ0) is 13.3. The molecule has 0 aliphatic rings. The molecule has 2 N–H and O–H groups in total. The molecule has 18 heavy (non-hydrogen) atoms. The molecule has 2 heterocycles. The Morgan fingerprint density at radius 1 is 1.50 bits per heavy atom. The Morgan fingerprint density at radius 2 is 2.22 bits per heavy atom. The summed E-state index contributed by atoms with van der Waals surface area (Å²) >= 11 is 0. The molecule has 6 heteroatoms. The normalized spacial score (nSPS) is 10.9. The predicted octanol–water partition coefficient (Wildman–Crippen LogP) is 0.982. The zero-order valence-corrected chi connectivity index (χ0v) is 10.7. The van der Waals surface area contributed by atoms with Gasteiger partial charge >= 0.3 is 5.97 Å². The van der Waals surface area contributed by atoms with Gasteiger partial charge in [-0.05, 0) is 20.8 Å². The molecule has 0 aromatic carbocycles. The van der Waals surface area contributed by atoms with Crippen molar-refractivity contribution in [2.45, 2.75) is 27.3 Å². The summed E-state index contributed by atoms with van der Waals surface area (Å²) < 4.78 is 6.54. The predicted molar refractivity (Wildman–Crippen MR) is 66.3 cm³/mol. The molecule has 0 unspecified atom stereocenters. The Labute approximate surface area is 105 Å². The third-order valence-corrected chi connectivity index (χ3v) is 2.85. The number of rotatable bonds is 3. The number of nitrogens with zero attached hydrogens (tertiary/aromatic N) is 3. The minimum absolute atomic E-state index is 0.265. The van der Waals surface area contributed by atoms with E-state index in [0.29, 0.717) is 18.8 Å². The van der Waals surface area contributed by atoms with Crippen molar-refractivity contribution in [3.05, 3.63) is 28.7 Å². The van der Waals surface area contributed by atoms with Gasteiger partial charge in [0.15, 0.2) is 11.3 Å². The maximum absolute atomic E-state index is 11.6. The van der Waals surface area contributed by atoms with Crippen LogP contribution in [0.15, 0.2) is 6.07 Å². The Bertz CT molecular complexity index is 604. The van der Waals surface area contributed by atoms with E-state index >= 15 is 0 Å². The summed E-state index contributed by atoms with van der Waals surface area (Å²) in [5, 5.41) is 4.20. The van der Waals surface area contributed by atoms with E-state index in [-0.39, 0.29) is 5.69 Å². The number of hydrogen-bond donors (Lipinski definition) is 1. The van der Waals surface area contributed by atoms with Crippen LogP contribution in [0.2, 0.25) is 0 Å². The van der Waals surface area contributed by atoms with Gasteiger partial charge in [-0.2, -0.15) is 5.10 Å². The average molecular weight is 248 g/mol. The van der Waals surface area contributed by atoms with Gasteiger partial charge in [-0.1, -0.05) is 0 Å². The first-order valence-electron chi connectivity index (χ1n) is 5.81. The van der Waals surface area contributed by atoms with Gasteiger partial charge in [0.1, 0.15) is 0 Å². The van der Waals surface area contributed by atoms with Gasteiger partial charge in [0.05, 0.1) is 6.61 Å². The van der Waals surface area contributed by atoms with Crippen molar-refractivity contribution in [3.63, 3.8) is 0 Å². The molecule has 0 spiro atoms. The third kappa shape index (κ3) is 1.95. The second kappa shape index (κ2) is 4.73. The number of hydrogen-bond acceptors (Lipinski definition) is 5. The number of aryl methyl sites for hydroxylation is 2. The lowest BCUT2D eigenvalue weighted by Gasteiger charge is -2.08. The van der Waals surface area contributed by atoms with Crippen LogP contribution in [-0.4, -0.2) is 27.2 Å². The van der Waals surface area contributed by atoms with Crippen molar-refractivity contribution >= 4 is 11.6 Å². The quantitative estimate of drug-likeness (QED) is 0.819. The van der Waals surface area contributed by atoms with Crippen LogP contribution in [0.1, 0.15) is 34.4 Å². The molecule has 96 valence electrons. The zero-order valence-electron chi connectivity index (χ0n) is 10.7. The van der Waals surface area contributed by atoms with Crippen LogP contribution in [0.5, 0.6) is 0 Å². The molecule has 0 aliphatic carbocycles. The van der Waals surface area contributed by atoms with E-state index < -0.39 is 5.97 Å². The van der Waals surface area contributed by atoms with Crippen LogP contribution in [0.4, 0.5) is 0 Å². The van der Waals surface area contributed by atoms with Gasteiger partial charge in [-0.3, -0.25) is 0 Å². The van der Waals surface area contributed by atoms with Gasteiger partial charge < -0.3 is 10.5 Å². The van der Waals surface area contributed by atoms with Gasteiger partial charge in [0.2, 0.25) is 0 Å². The molecule has 0 amide bonds. The van der Waals surface area contributed by atoms with Crippen LogP contribution in [-0.2, 0) is 11.3 Å². The van der Waals surface area contributed by atoms with E-state index in [1.165, 1.54) is 0 Å². The SMILES string of the molecule is CCOC(=O)c1cc2nc(C)c(CN)c(C)n2n1. The van der Waals surface area contributed by atoms with Crippen molar-refractivity contribution in [1.82, 2.24) is 14.6 Å². The number of carbonyl (C=O) groups excluding carboxylic acids is 1. The van der Waals surface area contributed by atoms with Crippen LogP contribution in [0, 0.1) is 13.8 Å². The molecule has 6 nitrogen and oxygen atoms in total. The maximum Gasteiger partial charge on any atom is 0.358 e. The van der Waals surface area contributed by atoms with E-state index in [9.17, 15) is 4.79 Å². The highest BCUT2D eigenvalue weighted by atomic mass is 16.5. The summed E-state index contributed by atoms with van der Waals surface area (Å²) in [7, 11) is 0. The van der Waals surface area contributed by atoms with Gasteiger partial charge in [-0.15, -0.1) is 0 Å². The molecule has 0 saturated carbocycles. The first-order chi connectivity index (χ1) is 8.58. The molecule has 0 radical (unpaired) electrons. The smallest absolute Gasteiger partial charge is 0.358 e. The van der Waals surface area contributed by atoms with Crippen LogP contribution >= 0.6 is 0 Å². The fourth-order valence-corrected chi connectivity index (χ4v) is 1.93. The fraction of sp³-hybridized carbons (Fsp3) is 0.417. The molecule has 0 aliphatic heterocycles. The third-order valence-electron chi connectivity index (χ3n) is 2.85. The monoisotopic (exact) mass is 248 g/mol. The van der Waals surface area contributed by atoms with Gasteiger partial charge in [-0.25, -0.2) is 14.3 Å². The van der Waals surface area contributed by atoms with Crippen molar-refractivity contribution in [1.29, 1.82) is 0 Å². The summed E-state index contributed by atoms with van der Waals surface area (Å²) in [4.78, 5) is 16.0. The summed E-state index contributed by atoms with van der Waals surface area (Å²) in [5.74, 6) is -0.436. The number of nitrogens with two attached hydrogens (primary N) is 1. The van der Waals surface area contributed by atoms with Crippen molar-refractivity contribution in [2.75, 3.05) is 6.61 Å². The van der Waals surface area contributed by atoms with Crippen molar-refractivity contribution in [3.8, 4) is 0 Å². The molecule has 0 saturated heterocycles. The van der Waals surface area contributed by atoms with E-state index in [1.54, 1.807) is 17.5 Å². The lowest BCUT2D eigenvalue weighted by molar-refractivity contribution is 0.0519. The molecule has 0 fully saturated rings. The standard InChI is InChI=1S/C12H16N4O2/c1-4-18-12(17)10-5-11-14-7(2)9(6-13)8(3)16(11)15-10/h5H,4,6,13H2,1-3H3. The second-order valence-corrected chi connectivity index (χ2v) is 3.99. The lowest BCUT2D eigenvalue weighted by Crippen LogP contribution is -2.10. The summed E-state index contributed by atoms with van der Waals surface area (Å²) in [6.07, 6.45) is 0. The second-order valence-electron chi connectivity index (χ2n) is 3.99. The Kier molecular flexibility index (Phi) is 3.29. The van der Waals surface area contributed by atoms with Crippen LogP contribution < -0.4 is 5.73 Å². The number of aromatic nitrogens is 3. The number of ether oxygens (including phenoxy) is 1. The van der Waals surface area contributed by atoms with Crippen molar-refractivity contribution < 1.29 is 9.53 Å². The summed E-state index contributed by atoms with van der Waals surface area (Å²) in [6, 6.07) is 1.62. The van der Waals surface area contributed by atoms with E-state index in [4.69, 9.17) is 10.5 Å². The van der Waals surface area contributed by atoms with E-state index in [1.807, 2.05) is 13.8 Å². The Hall–Kier alpha value is -1.95.